The number of nitrogens with zero attached hydrogens (tertiary/aromatic N) is 1. The van der Waals surface area contributed by atoms with Gasteiger partial charge in [-0.3, -0.25) is 14.5 Å². The third-order valence-corrected chi connectivity index (χ3v) is 3.73. The van der Waals surface area contributed by atoms with Gasteiger partial charge < -0.3 is 0 Å². The van der Waals surface area contributed by atoms with E-state index >= 15 is 0 Å². The molecule has 2 amide bonds. The number of benzene rings is 1. The molecule has 4 heteroatoms. The first-order valence-corrected chi connectivity index (χ1v) is 6.73. The molecule has 1 heterocycles. The fourth-order valence-corrected chi connectivity index (χ4v) is 2.58. The molecule has 1 aromatic carbocycles. The summed E-state index contributed by atoms with van der Waals surface area (Å²) < 4.78 is 0. The number of hydrogen-bond donors (Lipinski definition) is 0. The van der Waals surface area contributed by atoms with E-state index in [9.17, 15) is 9.59 Å². The van der Waals surface area contributed by atoms with Crippen LogP contribution in [0.15, 0.2) is 24.3 Å². The lowest BCUT2D eigenvalue weighted by atomic mass is 10.1. The minimum absolute atomic E-state index is 0.157. The lowest BCUT2D eigenvalue weighted by Gasteiger charge is -2.14. The highest BCUT2D eigenvalue weighted by Crippen LogP contribution is 2.22. The van der Waals surface area contributed by atoms with Gasteiger partial charge >= 0.3 is 0 Å². The van der Waals surface area contributed by atoms with E-state index in [0.717, 1.165) is 5.75 Å². The maximum Gasteiger partial charge on any atom is 0.261 e. The van der Waals surface area contributed by atoms with Crippen LogP contribution in [-0.4, -0.2) is 34.3 Å². The van der Waals surface area contributed by atoms with Crippen LogP contribution in [0.5, 0.6) is 0 Å². The van der Waals surface area contributed by atoms with Crippen LogP contribution in [0.25, 0.3) is 0 Å². The van der Waals surface area contributed by atoms with Gasteiger partial charge in [0.1, 0.15) is 0 Å². The molecule has 0 unspecified atom stereocenters. The zero-order valence-corrected chi connectivity index (χ0v) is 10.8. The van der Waals surface area contributed by atoms with Gasteiger partial charge in [0.2, 0.25) is 0 Å². The predicted octanol–water partition coefficient (Wildman–Crippen LogP) is 2.42. The van der Waals surface area contributed by atoms with Gasteiger partial charge in [0.05, 0.1) is 11.1 Å². The van der Waals surface area contributed by atoms with Crippen LogP contribution in [0.3, 0.4) is 0 Å². The minimum atomic E-state index is -0.157. The van der Waals surface area contributed by atoms with Gasteiger partial charge in [0.25, 0.3) is 11.8 Å². The van der Waals surface area contributed by atoms with Crippen molar-refractivity contribution < 1.29 is 9.59 Å². The summed E-state index contributed by atoms with van der Waals surface area (Å²) in [5.41, 5.74) is 1.07. The molecule has 0 bridgehead atoms. The van der Waals surface area contributed by atoms with Crippen molar-refractivity contribution in [2.24, 2.45) is 0 Å². The van der Waals surface area contributed by atoms with E-state index in [2.05, 4.69) is 13.8 Å². The van der Waals surface area contributed by atoms with Gasteiger partial charge in [-0.25, -0.2) is 0 Å². The summed E-state index contributed by atoms with van der Waals surface area (Å²) in [5.74, 6) is 0.480. The normalized spacial score (nSPS) is 14.6. The summed E-state index contributed by atoms with van der Waals surface area (Å²) in [6.45, 7) is 4.70. The monoisotopic (exact) mass is 249 g/mol. The standard InChI is InChI=1S/C13H15NO2S/c1-9(2)17-8-7-14-12(15)10-5-3-4-6-11(10)13(14)16/h3-6,9H,7-8H2,1-2H3. The molecule has 1 aliphatic heterocycles. The first-order valence-electron chi connectivity index (χ1n) is 5.68. The Hall–Kier alpha value is -1.29. The van der Waals surface area contributed by atoms with Crippen LogP contribution in [0.1, 0.15) is 34.6 Å². The number of rotatable bonds is 4. The van der Waals surface area contributed by atoms with Crippen molar-refractivity contribution in [2.75, 3.05) is 12.3 Å². The number of thioether (sulfide) groups is 1. The van der Waals surface area contributed by atoms with Crippen molar-refractivity contribution in [2.45, 2.75) is 19.1 Å². The Morgan fingerprint density at radius 1 is 1.12 bits per heavy atom. The molecule has 90 valence electrons. The molecule has 0 saturated heterocycles. The molecule has 1 aliphatic rings. The van der Waals surface area contributed by atoms with Gasteiger partial charge in [0, 0.05) is 12.3 Å². The number of carbonyl (C=O) groups excluding carboxylic acids is 2. The van der Waals surface area contributed by atoms with Crippen LogP contribution in [0.2, 0.25) is 0 Å². The van der Waals surface area contributed by atoms with Crippen molar-refractivity contribution >= 4 is 23.6 Å². The van der Waals surface area contributed by atoms with E-state index in [0.29, 0.717) is 22.9 Å². The lowest BCUT2D eigenvalue weighted by molar-refractivity contribution is 0.0664. The molecule has 0 fully saturated rings. The highest BCUT2D eigenvalue weighted by atomic mass is 32.2. The molecule has 0 N–H and O–H groups in total. The van der Waals surface area contributed by atoms with Gasteiger partial charge in [-0.2, -0.15) is 11.8 Å². The Balaban J connectivity index is 2.08. The minimum Gasteiger partial charge on any atom is -0.274 e. The number of imide groups is 1. The molecule has 0 aromatic heterocycles. The highest BCUT2D eigenvalue weighted by Gasteiger charge is 2.34. The summed E-state index contributed by atoms with van der Waals surface area (Å²) in [7, 11) is 0. The molecule has 0 aliphatic carbocycles. The van der Waals surface area contributed by atoms with E-state index in [1.165, 1.54) is 4.90 Å². The summed E-state index contributed by atoms with van der Waals surface area (Å²) in [6, 6.07) is 7.00. The fraction of sp³-hybridized carbons (Fsp3) is 0.385. The van der Waals surface area contributed by atoms with E-state index in [1.807, 2.05) is 0 Å². The zero-order valence-electron chi connectivity index (χ0n) is 9.97. The van der Waals surface area contributed by atoms with E-state index in [4.69, 9.17) is 0 Å². The molecule has 0 atom stereocenters. The average Bonchev–Trinajstić information content (AvgIpc) is 2.54. The average molecular weight is 249 g/mol. The van der Waals surface area contributed by atoms with Crippen LogP contribution in [0.4, 0.5) is 0 Å². The summed E-state index contributed by atoms with van der Waals surface area (Å²) in [6.07, 6.45) is 0. The molecular formula is C13H15NO2S. The largest absolute Gasteiger partial charge is 0.274 e. The second-order valence-corrected chi connectivity index (χ2v) is 5.91. The Kier molecular flexibility index (Phi) is 3.52. The zero-order chi connectivity index (χ0) is 12.4. The third kappa shape index (κ3) is 2.36. The second-order valence-electron chi connectivity index (χ2n) is 4.23. The molecule has 0 saturated carbocycles. The Morgan fingerprint density at radius 2 is 1.65 bits per heavy atom. The van der Waals surface area contributed by atoms with Crippen LogP contribution in [0, 0.1) is 0 Å². The summed E-state index contributed by atoms with van der Waals surface area (Å²) in [5, 5.41) is 0.519. The van der Waals surface area contributed by atoms with Gasteiger partial charge in [-0.1, -0.05) is 26.0 Å². The predicted molar refractivity (Wildman–Crippen MR) is 69.4 cm³/mol. The number of carbonyl (C=O) groups is 2. The topological polar surface area (TPSA) is 37.4 Å². The quantitative estimate of drug-likeness (QED) is 0.769. The summed E-state index contributed by atoms with van der Waals surface area (Å²) in [4.78, 5) is 25.3. The smallest absolute Gasteiger partial charge is 0.261 e. The van der Waals surface area contributed by atoms with E-state index in [1.54, 1.807) is 36.0 Å². The van der Waals surface area contributed by atoms with Crippen molar-refractivity contribution in [1.29, 1.82) is 0 Å². The Labute approximate surface area is 105 Å². The van der Waals surface area contributed by atoms with Crippen molar-refractivity contribution in [3.8, 4) is 0 Å². The second kappa shape index (κ2) is 4.92. The molecule has 0 radical (unpaired) electrons. The lowest BCUT2D eigenvalue weighted by Crippen LogP contribution is -2.32. The first-order chi connectivity index (χ1) is 8.11. The van der Waals surface area contributed by atoms with Crippen molar-refractivity contribution in [3.63, 3.8) is 0 Å². The number of hydrogen-bond acceptors (Lipinski definition) is 3. The van der Waals surface area contributed by atoms with Gasteiger partial charge in [0.15, 0.2) is 0 Å². The van der Waals surface area contributed by atoms with E-state index in [-0.39, 0.29) is 11.8 Å². The Bertz CT molecular complexity index is 421. The molecule has 1 aromatic rings. The van der Waals surface area contributed by atoms with Crippen LogP contribution in [-0.2, 0) is 0 Å². The van der Waals surface area contributed by atoms with E-state index < -0.39 is 0 Å². The number of fused-ring (bicyclic) bond motifs is 1. The maximum atomic E-state index is 12.0. The molecule has 3 nitrogen and oxygen atoms in total. The van der Waals surface area contributed by atoms with Crippen molar-refractivity contribution in [1.82, 2.24) is 4.90 Å². The van der Waals surface area contributed by atoms with Crippen LogP contribution < -0.4 is 0 Å². The molecule has 17 heavy (non-hydrogen) atoms. The molecule has 0 spiro atoms. The fourth-order valence-electron chi connectivity index (χ4n) is 1.82. The third-order valence-electron chi connectivity index (χ3n) is 2.64. The van der Waals surface area contributed by atoms with Crippen molar-refractivity contribution in [3.05, 3.63) is 35.4 Å². The van der Waals surface area contributed by atoms with Gasteiger partial charge in [-0.05, 0) is 17.4 Å². The summed E-state index contributed by atoms with van der Waals surface area (Å²) >= 11 is 1.75. The number of amides is 2. The van der Waals surface area contributed by atoms with Crippen LogP contribution >= 0.6 is 11.8 Å². The maximum absolute atomic E-state index is 12.0. The first kappa shape index (κ1) is 12.2. The highest BCUT2D eigenvalue weighted by molar-refractivity contribution is 7.99. The molecular weight excluding hydrogens is 234 g/mol. The SMILES string of the molecule is CC(C)SCCN1C(=O)c2ccccc2C1=O. The molecule has 2 rings (SSSR count). The Morgan fingerprint density at radius 3 is 2.12 bits per heavy atom. The van der Waals surface area contributed by atoms with Gasteiger partial charge in [-0.15, -0.1) is 0 Å².